The van der Waals surface area contributed by atoms with Crippen LogP contribution in [0, 0.1) is 16.0 Å². The van der Waals surface area contributed by atoms with Gasteiger partial charge in [-0.15, -0.1) is 0 Å². The maximum Gasteiger partial charge on any atom is 0.269 e. The third-order valence-electron chi connectivity index (χ3n) is 8.71. The van der Waals surface area contributed by atoms with Crippen molar-refractivity contribution in [2.75, 3.05) is 31.7 Å². The summed E-state index contributed by atoms with van der Waals surface area (Å²) in [5.74, 6) is 0.893. The largest absolute Gasteiger partial charge is 0.496 e. The average Bonchev–Trinajstić information content (AvgIpc) is 3.09. The van der Waals surface area contributed by atoms with Gasteiger partial charge >= 0.3 is 0 Å². The highest BCUT2D eigenvalue weighted by atomic mass is 16.6. The maximum atomic E-state index is 14.9. The van der Waals surface area contributed by atoms with Gasteiger partial charge in [-0.05, 0) is 60.6 Å². The van der Waals surface area contributed by atoms with E-state index in [2.05, 4.69) is 4.90 Å². The summed E-state index contributed by atoms with van der Waals surface area (Å²) < 4.78 is 11.5. The molecule has 1 aliphatic rings. The zero-order valence-corrected chi connectivity index (χ0v) is 26.4. The third-order valence-corrected chi connectivity index (χ3v) is 8.71. The molecule has 1 atom stereocenters. The Morgan fingerprint density at radius 1 is 0.978 bits per heavy atom. The predicted molar refractivity (Wildman–Crippen MR) is 178 cm³/mol. The summed E-state index contributed by atoms with van der Waals surface area (Å²) in [4.78, 5) is 29.8. The molecule has 4 aromatic rings. The van der Waals surface area contributed by atoms with Crippen LogP contribution in [-0.4, -0.2) is 47.6 Å². The lowest BCUT2D eigenvalue weighted by Gasteiger charge is -2.39. The average molecular weight is 624 g/mol. The second-order valence-electron chi connectivity index (χ2n) is 11.5. The van der Waals surface area contributed by atoms with E-state index in [-0.39, 0.29) is 41.5 Å². The number of hydrogen-bond acceptors (Lipinski definition) is 7. The number of nitrogens with zero attached hydrogens (tertiary/aromatic N) is 3. The van der Waals surface area contributed by atoms with Crippen molar-refractivity contribution >= 4 is 17.3 Å². The summed E-state index contributed by atoms with van der Waals surface area (Å²) in [6.07, 6.45) is 1.57. The molecule has 1 aliphatic heterocycles. The molecule has 0 bridgehead atoms. The third kappa shape index (κ3) is 7.66. The Balaban J connectivity index is 1.46. The fourth-order valence-electron chi connectivity index (χ4n) is 6.38. The highest BCUT2D eigenvalue weighted by Crippen LogP contribution is 2.38. The lowest BCUT2D eigenvalue weighted by Crippen LogP contribution is -2.42. The van der Waals surface area contributed by atoms with Gasteiger partial charge in [-0.3, -0.25) is 14.9 Å². The Hall–Kier alpha value is -4.89. The van der Waals surface area contributed by atoms with Crippen molar-refractivity contribution < 1.29 is 24.3 Å². The molecule has 9 heteroatoms. The first-order valence-electron chi connectivity index (χ1n) is 15.7. The molecule has 1 saturated heterocycles. The van der Waals surface area contributed by atoms with Crippen LogP contribution in [0.15, 0.2) is 97.1 Å². The number of nitro benzene ring substituents is 1. The Kier molecular flexibility index (Phi) is 10.9. The van der Waals surface area contributed by atoms with Gasteiger partial charge in [0.2, 0.25) is 5.91 Å². The van der Waals surface area contributed by atoms with E-state index in [1.807, 2.05) is 84.6 Å². The van der Waals surface area contributed by atoms with Crippen molar-refractivity contribution in [2.24, 2.45) is 5.92 Å². The number of benzene rings is 4. The summed E-state index contributed by atoms with van der Waals surface area (Å²) in [6, 6.07) is 30.2. The molecule has 240 valence electrons. The summed E-state index contributed by atoms with van der Waals surface area (Å²) in [7, 11) is 1.59. The van der Waals surface area contributed by atoms with Crippen LogP contribution >= 0.6 is 0 Å². The monoisotopic (exact) mass is 623 g/mol. The van der Waals surface area contributed by atoms with Crippen LogP contribution in [0.2, 0.25) is 0 Å². The van der Waals surface area contributed by atoms with Gasteiger partial charge in [0.15, 0.2) is 0 Å². The molecule has 4 aromatic carbocycles. The van der Waals surface area contributed by atoms with E-state index in [1.165, 1.54) is 12.1 Å². The van der Waals surface area contributed by atoms with E-state index in [1.54, 1.807) is 19.2 Å². The first kappa shape index (κ1) is 32.5. The first-order valence-corrected chi connectivity index (χ1v) is 15.7. The number of amides is 1. The van der Waals surface area contributed by atoms with E-state index in [9.17, 15) is 20.0 Å². The van der Waals surface area contributed by atoms with Crippen LogP contribution in [0.3, 0.4) is 0 Å². The number of anilines is 1. The lowest BCUT2D eigenvalue weighted by molar-refractivity contribution is -0.384. The number of methoxy groups -OCH3 is 1. The van der Waals surface area contributed by atoms with Crippen molar-refractivity contribution in [1.29, 1.82) is 0 Å². The molecule has 5 rings (SSSR count). The van der Waals surface area contributed by atoms with Crippen LogP contribution in [0.1, 0.15) is 47.9 Å². The number of aliphatic hydroxyl groups excluding tert-OH is 1. The van der Waals surface area contributed by atoms with Gasteiger partial charge in [0.05, 0.1) is 37.7 Å². The predicted octanol–water partition coefficient (Wildman–Crippen LogP) is 6.72. The van der Waals surface area contributed by atoms with Gasteiger partial charge in [-0.2, -0.15) is 0 Å². The second kappa shape index (κ2) is 15.4. The van der Waals surface area contributed by atoms with Crippen molar-refractivity contribution in [2.45, 2.75) is 45.4 Å². The maximum absolute atomic E-state index is 14.9. The molecule has 0 spiro atoms. The molecule has 1 heterocycles. The minimum absolute atomic E-state index is 0.0173. The van der Waals surface area contributed by atoms with E-state index in [0.29, 0.717) is 30.2 Å². The SMILES string of the molecule is CCOc1cc(CO)c(CN(Cc2ccccc2)C(=O)C(c2ccccc2)C2CCN(c3ccc([N+](=O)[O-])cc3)CC2)c(OC)c1. The molecule has 9 nitrogen and oxygen atoms in total. The summed E-state index contributed by atoms with van der Waals surface area (Å²) in [6.45, 7) is 4.28. The molecule has 0 aromatic heterocycles. The van der Waals surface area contributed by atoms with E-state index in [0.717, 1.165) is 48.3 Å². The Bertz CT molecular complexity index is 1560. The first-order chi connectivity index (χ1) is 22.4. The molecule has 0 saturated carbocycles. The van der Waals surface area contributed by atoms with Gasteiger partial charge in [0.1, 0.15) is 11.5 Å². The summed E-state index contributed by atoms with van der Waals surface area (Å²) in [5.41, 5.74) is 4.39. The van der Waals surface area contributed by atoms with Crippen LogP contribution in [0.25, 0.3) is 0 Å². The van der Waals surface area contributed by atoms with E-state index in [4.69, 9.17) is 9.47 Å². The number of carbonyl (C=O) groups is 1. The summed E-state index contributed by atoms with van der Waals surface area (Å²) in [5, 5.41) is 21.5. The molecule has 1 unspecified atom stereocenters. The fraction of sp³-hybridized carbons (Fsp3) is 0.324. The second-order valence-corrected chi connectivity index (χ2v) is 11.5. The highest BCUT2D eigenvalue weighted by molar-refractivity contribution is 5.84. The van der Waals surface area contributed by atoms with Gasteiger partial charge in [-0.1, -0.05) is 60.7 Å². The van der Waals surface area contributed by atoms with Crippen LogP contribution in [0.5, 0.6) is 11.5 Å². The molecule has 1 amide bonds. The highest BCUT2D eigenvalue weighted by Gasteiger charge is 2.36. The number of ether oxygens (including phenoxy) is 2. The van der Waals surface area contributed by atoms with Gasteiger partial charge in [-0.25, -0.2) is 0 Å². The molecule has 46 heavy (non-hydrogen) atoms. The van der Waals surface area contributed by atoms with Gasteiger partial charge < -0.3 is 24.4 Å². The number of rotatable bonds is 13. The zero-order valence-electron chi connectivity index (χ0n) is 26.4. The topological polar surface area (TPSA) is 105 Å². The van der Waals surface area contributed by atoms with E-state index < -0.39 is 0 Å². The van der Waals surface area contributed by atoms with Gasteiger partial charge in [0.25, 0.3) is 5.69 Å². The number of piperidine rings is 1. The number of non-ortho nitro benzene ring substituents is 1. The molecule has 0 radical (unpaired) electrons. The van der Waals surface area contributed by atoms with Gasteiger partial charge in [0, 0.05) is 49.1 Å². The molecule has 0 aliphatic carbocycles. The van der Waals surface area contributed by atoms with Crippen LogP contribution in [0.4, 0.5) is 11.4 Å². The Morgan fingerprint density at radius 3 is 2.22 bits per heavy atom. The molecule has 1 N–H and O–H groups in total. The smallest absolute Gasteiger partial charge is 0.269 e. The number of nitro groups is 1. The number of hydrogen-bond donors (Lipinski definition) is 1. The van der Waals surface area contributed by atoms with Crippen LogP contribution < -0.4 is 14.4 Å². The number of carbonyl (C=O) groups excluding carboxylic acids is 1. The quantitative estimate of drug-likeness (QED) is 0.130. The normalized spacial score (nSPS) is 14.0. The molecule has 1 fully saturated rings. The van der Waals surface area contributed by atoms with Crippen molar-refractivity contribution in [3.63, 3.8) is 0 Å². The Labute approximate surface area is 270 Å². The fourth-order valence-corrected chi connectivity index (χ4v) is 6.38. The number of aliphatic hydroxyl groups is 1. The van der Waals surface area contributed by atoms with Crippen molar-refractivity contribution in [3.8, 4) is 11.5 Å². The standard InChI is InChI=1S/C37H41N3O6/c1-3-46-33-22-30(26-41)34(35(23-33)45-2)25-39(24-27-10-6-4-7-11-27)37(42)36(28-12-8-5-9-13-28)29-18-20-38(21-19-29)31-14-16-32(17-15-31)40(43)44/h4-17,22-23,29,36,41H,3,18-21,24-26H2,1-2H3. The van der Waals surface area contributed by atoms with Crippen molar-refractivity contribution in [1.82, 2.24) is 4.90 Å². The zero-order chi connectivity index (χ0) is 32.5. The summed E-state index contributed by atoms with van der Waals surface area (Å²) >= 11 is 0. The Morgan fingerprint density at radius 2 is 1.63 bits per heavy atom. The van der Waals surface area contributed by atoms with Crippen molar-refractivity contribution in [3.05, 3.63) is 129 Å². The minimum atomic E-state index is -0.389. The molecular weight excluding hydrogens is 582 g/mol. The lowest BCUT2D eigenvalue weighted by atomic mass is 9.79. The van der Waals surface area contributed by atoms with E-state index >= 15 is 0 Å². The van der Waals surface area contributed by atoms with Crippen LogP contribution in [-0.2, 0) is 24.5 Å². The minimum Gasteiger partial charge on any atom is -0.496 e. The molecular formula is C37H41N3O6.